The Labute approximate surface area is 185 Å². The van der Waals surface area contributed by atoms with Gasteiger partial charge in [-0.05, 0) is 43.2 Å². The van der Waals surface area contributed by atoms with E-state index in [1.54, 1.807) is 18.3 Å². The molecule has 1 fully saturated rings. The Morgan fingerprint density at radius 2 is 2.03 bits per heavy atom. The molecule has 1 aliphatic heterocycles. The number of piperazine rings is 1. The van der Waals surface area contributed by atoms with Crippen LogP contribution in [0.1, 0.15) is 29.4 Å². The van der Waals surface area contributed by atoms with E-state index < -0.39 is 0 Å². The van der Waals surface area contributed by atoms with Crippen LogP contribution in [0.3, 0.4) is 0 Å². The number of aromatic nitrogens is 2. The fourth-order valence-corrected chi connectivity index (χ4v) is 4.86. The van der Waals surface area contributed by atoms with E-state index in [0.29, 0.717) is 24.6 Å². The van der Waals surface area contributed by atoms with Crippen molar-refractivity contribution in [3.05, 3.63) is 58.0 Å². The molecule has 6 nitrogen and oxygen atoms in total. The summed E-state index contributed by atoms with van der Waals surface area (Å²) in [6.07, 6.45) is 1.91. The molecular formula is C22H25ClN4O2S. The molecule has 1 aliphatic rings. The maximum atomic E-state index is 12.5. The van der Waals surface area contributed by atoms with Crippen LogP contribution in [0.5, 0.6) is 0 Å². The second kappa shape index (κ2) is 9.73. The monoisotopic (exact) mass is 444 g/mol. The lowest BCUT2D eigenvalue weighted by molar-refractivity contribution is -0.133. The van der Waals surface area contributed by atoms with E-state index in [9.17, 15) is 4.79 Å². The fraction of sp³-hybridized carbons (Fsp3) is 0.409. The van der Waals surface area contributed by atoms with E-state index in [1.165, 1.54) is 9.75 Å². The molecule has 0 atom stereocenters. The summed E-state index contributed by atoms with van der Waals surface area (Å²) in [4.78, 5) is 23.6. The highest BCUT2D eigenvalue weighted by Gasteiger charge is 2.21. The molecule has 8 heteroatoms. The molecule has 0 spiro atoms. The molecule has 0 aliphatic carbocycles. The van der Waals surface area contributed by atoms with Crippen LogP contribution in [0.2, 0.25) is 5.02 Å². The fourth-order valence-electron chi connectivity index (χ4n) is 3.63. The Morgan fingerprint density at radius 3 is 2.77 bits per heavy atom. The lowest BCUT2D eigenvalue weighted by Crippen LogP contribution is -2.48. The van der Waals surface area contributed by atoms with Crippen molar-refractivity contribution in [2.45, 2.75) is 32.7 Å². The minimum Gasteiger partial charge on any atom is -0.340 e. The lowest BCUT2D eigenvalue weighted by atomic mass is 10.2. The van der Waals surface area contributed by atoms with Gasteiger partial charge >= 0.3 is 0 Å². The number of halogens is 1. The maximum Gasteiger partial charge on any atom is 0.226 e. The number of carbonyl (C=O) groups excluding carboxylic acids is 1. The molecule has 4 rings (SSSR count). The van der Waals surface area contributed by atoms with Crippen molar-refractivity contribution >= 4 is 28.8 Å². The standard InChI is InChI=1S/C22H25ClN4O2S/c1-16-24-21(29-25-16)6-3-7-22(28)27-12-10-26(11-13-27)15-19-8-9-20(30-19)17-4-2-5-18(23)14-17/h2,4-5,8-9,14H,3,6-7,10-13,15H2,1H3. The van der Waals surface area contributed by atoms with Crippen LogP contribution in [0.15, 0.2) is 40.9 Å². The van der Waals surface area contributed by atoms with Gasteiger partial charge in [0.15, 0.2) is 5.82 Å². The van der Waals surface area contributed by atoms with E-state index in [2.05, 4.69) is 33.2 Å². The summed E-state index contributed by atoms with van der Waals surface area (Å²) in [7, 11) is 0. The third kappa shape index (κ3) is 5.47. The SMILES string of the molecule is Cc1noc(CCCC(=O)N2CCN(Cc3ccc(-c4cccc(Cl)c4)s3)CC2)n1. The van der Waals surface area contributed by atoms with Crippen LogP contribution in [-0.4, -0.2) is 52.0 Å². The van der Waals surface area contributed by atoms with E-state index in [0.717, 1.165) is 49.7 Å². The Hall–Kier alpha value is -2.22. The molecular weight excluding hydrogens is 420 g/mol. The Bertz CT molecular complexity index is 994. The molecule has 1 saturated heterocycles. The van der Waals surface area contributed by atoms with Crippen LogP contribution < -0.4 is 0 Å². The Morgan fingerprint density at radius 1 is 1.20 bits per heavy atom. The zero-order valence-electron chi connectivity index (χ0n) is 17.0. The van der Waals surface area contributed by atoms with Gasteiger partial charge in [0.2, 0.25) is 11.8 Å². The summed E-state index contributed by atoms with van der Waals surface area (Å²) in [5, 5.41) is 4.54. The largest absolute Gasteiger partial charge is 0.340 e. The van der Waals surface area contributed by atoms with E-state index in [4.69, 9.17) is 16.1 Å². The molecule has 1 amide bonds. The van der Waals surface area contributed by atoms with Crippen LogP contribution in [-0.2, 0) is 17.8 Å². The predicted molar refractivity (Wildman–Crippen MR) is 119 cm³/mol. The molecule has 1 aromatic carbocycles. The van der Waals surface area contributed by atoms with Crippen molar-refractivity contribution in [3.8, 4) is 10.4 Å². The predicted octanol–water partition coefficient (Wildman–Crippen LogP) is 4.43. The molecule has 0 radical (unpaired) electrons. The van der Waals surface area contributed by atoms with Gasteiger partial charge < -0.3 is 9.42 Å². The van der Waals surface area contributed by atoms with Gasteiger partial charge in [-0.15, -0.1) is 11.3 Å². The number of hydrogen-bond donors (Lipinski definition) is 0. The summed E-state index contributed by atoms with van der Waals surface area (Å²) < 4.78 is 5.10. The second-order valence-electron chi connectivity index (χ2n) is 7.52. The summed E-state index contributed by atoms with van der Waals surface area (Å²) in [6.45, 7) is 6.09. The van der Waals surface area contributed by atoms with Gasteiger partial charge in [0, 0.05) is 60.3 Å². The van der Waals surface area contributed by atoms with Crippen LogP contribution >= 0.6 is 22.9 Å². The second-order valence-corrected chi connectivity index (χ2v) is 9.13. The first kappa shape index (κ1) is 21.0. The Balaban J connectivity index is 1.21. The molecule has 0 N–H and O–H groups in total. The van der Waals surface area contributed by atoms with Gasteiger partial charge in [0.1, 0.15) is 0 Å². The quantitative estimate of drug-likeness (QED) is 0.539. The molecule has 3 heterocycles. The highest BCUT2D eigenvalue weighted by molar-refractivity contribution is 7.15. The van der Waals surface area contributed by atoms with Gasteiger partial charge in [-0.1, -0.05) is 28.9 Å². The molecule has 0 unspecified atom stereocenters. The topological polar surface area (TPSA) is 62.5 Å². The van der Waals surface area contributed by atoms with E-state index in [-0.39, 0.29) is 5.91 Å². The van der Waals surface area contributed by atoms with Gasteiger partial charge in [-0.3, -0.25) is 9.69 Å². The van der Waals surface area contributed by atoms with Crippen molar-refractivity contribution in [3.63, 3.8) is 0 Å². The average Bonchev–Trinajstić information content (AvgIpc) is 3.37. The summed E-state index contributed by atoms with van der Waals surface area (Å²) >= 11 is 7.92. The molecule has 3 aromatic rings. The van der Waals surface area contributed by atoms with Crippen molar-refractivity contribution in [2.75, 3.05) is 26.2 Å². The van der Waals surface area contributed by atoms with Gasteiger partial charge in [0.25, 0.3) is 0 Å². The Kier molecular flexibility index (Phi) is 6.82. The maximum absolute atomic E-state index is 12.5. The number of carbonyl (C=O) groups is 1. The first-order valence-corrected chi connectivity index (χ1v) is 11.4. The van der Waals surface area contributed by atoms with Crippen molar-refractivity contribution in [1.29, 1.82) is 0 Å². The number of nitrogens with zero attached hydrogens (tertiary/aromatic N) is 4. The summed E-state index contributed by atoms with van der Waals surface area (Å²) in [5.41, 5.74) is 1.16. The third-order valence-electron chi connectivity index (χ3n) is 5.23. The minimum atomic E-state index is 0.213. The van der Waals surface area contributed by atoms with Crippen molar-refractivity contribution in [2.24, 2.45) is 0 Å². The first-order chi connectivity index (χ1) is 14.6. The molecule has 158 valence electrons. The molecule has 2 aromatic heterocycles. The number of thiophene rings is 1. The van der Waals surface area contributed by atoms with Crippen LogP contribution in [0, 0.1) is 6.92 Å². The number of hydrogen-bond acceptors (Lipinski definition) is 6. The molecule has 0 bridgehead atoms. The number of benzene rings is 1. The normalized spacial score (nSPS) is 14.9. The van der Waals surface area contributed by atoms with Gasteiger partial charge in [0.05, 0.1) is 0 Å². The lowest BCUT2D eigenvalue weighted by Gasteiger charge is -2.34. The third-order valence-corrected chi connectivity index (χ3v) is 6.58. The summed E-state index contributed by atoms with van der Waals surface area (Å²) in [6, 6.07) is 12.3. The average molecular weight is 445 g/mol. The van der Waals surface area contributed by atoms with Crippen molar-refractivity contribution < 1.29 is 9.32 Å². The van der Waals surface area contributed by atoms with Crippen LogP contribution in [0.25, 0.3) is 10.4 Å². The molecule has 30 heavy (non-hydrogen) atoms. The minimum absolute atomic E-state index is 0.213. The number of aryl methyl sites for hydroxylation is 2. The van der Waals surface area contributed by atoms with E-state index >= 15 is 0 Å². The highest BCUT2D eigenvalue weighted by Crippen LogP contribution is 2.30. The van der Waals surface area contributed by atoms with Gasteiger partial charge in [-0.2, -0.15) is 4.98 Å². The van der Waals surface area contributed by atoms with Gasteiger partial charge in [-0.25, -0.2) is 0 Å². The first-order valence-electron chi connectivity index (χ1n) is 10.2. The summed E-state index contributed by atoms with van der Waals surface area (Å²) in [5.74, 6) is 1.46. The van der Waals surface area contributed by atoms with Crippen LogP contribution in [0.4, 0.5) is 0 Å². The van der Waals surface area contributed by atoms with Crippen molar-refractivity contribution in [1.82, 2.24) is 19.9 Å². The smallest absolute Gasteiger partial charge is 0.226 e. The zero-order chi connectivity index (χ0) is 20.9. The number of amides is 1. The van der Waals surface area contributed by atoms with E-state index in [1.807, 2.05) is 23.1 Å². The zero-order valence-corrected chi connectivity index (χ0v) is 18.6. The highest BCUT2D eigenvalue weighted by atomic mass is 35.5. The number of rotatable bonds is 7. The molecule has 0 saturated carbocycles.